The highest BCUT2D eigenvalue weighted by Crippen LogP contribution is 2.18. The Morgan fingerprint density at radius 3 is 2.46 bits per heavy atom. The highest BCUT2D eigenvalue weighted by atomic mass is 16.6. The first-order chi connectivity index (χ1) is 11.3. The van der Waals surface area contributed by atoms with Crippen LogP contribution < -0.4 is 0 Å². The number of carbonyl (C=O) groups is 1. The lowest BCUT2D eigenvalue weighted by molar-refractivity contribution is 0.0184. The maximum Gasteiger partial charge on any atom is 0.410 e. The number of benzene rings is 1. The van der Waals surface area contributed by atoms with E-state index in [1.54, 1.807) is 4.90 Å². The average molecular weight is 335 g/mol. The van der Waals surface area contributed by atoms with Gasteiger partial charge in [-0.25, -0.2) is 4.79 Å². The molecule has 2 atom stereocenters. The second-order valence-corrected chi connectivity index (χ2v) is 7.28. The minimum Gasteiger partial charge on any atom is -0.444 e. The second kappa shape index (κ2) is 8.49. The monoisotopic (exact) mass is 335 g/mol. The molecular weight excluding hydrogens is 306 g/mol. The molecule has 1 aromatic carbocycles. The molecule has 2 aliphatic rings. The summed E-state index contributed by atoms with van der Waals surface area (Å²) in [4.78, 5) is 13.7. The number of rotatable bonds is 3. The van der Waals surface area contributed by atoms with Gasteiger partial charge >= 0.3 is 6.09 Å². The number of ether oxygens (including phenoxy) is 3. The van der Waals surface area contributed by atoms with Gasteiger partial charge in [-0.1, -0.05) is 30.3 Å². The Hall–Kier alpha value is -1.59. The van der Waals surface area contributed by atoms with E-state index >= 15 is 0 Å². The lowest BCUT2D eigenvalue weighted by Gasteiger charge is -2.24. The van der Waals surface area contributed by atoms with Crippen molar-refractivity contribution in [3.05, 3.63) is 35.9 Å². The standard InChI is InChI=1S/C16H23NO3.C3H6O/c1-16(2,3)20-15(18)17-10-9-14(11-17)19-12-13-7-5-4-6-8-13;1-3-2-4-3/h4-8,14H,9-12H2,1-3H3;3H,2H2,1H3. The lowest BCUT2D eigenvalue weighted by atomic mass is 10.2. The molecular formula is C19H29NO4. The van der Waals surface area contributed by atoms with E-state index in [1.165, 1.54) is 0 Å². The summed E-state index contributed by atoms with van der Waals surface area (Å²) in [6, 6.07) is 10.1. The molecule has 5 heteroatoms. The van der Waals surface area contributed by atoms with Crippen LogP contribution in [0.5, 0.6) is 0 Å². The van der Waals surface area contributed by atoms with Crippen molar-refractivity contribution in [3.8, 4) is 0 Å². The fraction of sp³-hybridized carbons (Fsp3) is 0.632. The Morgan fingerprint density at radius 2 is 1.92 bits per heavy atom. The first kappa shape index (κ1) is 18.7. The van der Waals surface area contributed by atoms with Crippen LogP contribution in [0.25, 0.3) is 0 Å². The smallest absolute Gasteiger partial charge is 0.410 e. The van der Waals surface area contributed by atoms with Crippen molar-refractivity contribution in [2.75, 3.05) is 19.7 Å². The van der Waals surface area contributed by atoms with Crippen molar-refractivity contribution in [2.45, 2.75) is 58.5 Å². The Labute approximate surface area is 144 Å². The molecule has 2 heterocycles. The number of amides is 1. The first-order valence-electron chi connectivity index (χ1n) is 8.58. The quantitative estimate of drug-likeness (QED) is 0.792. The van der Waals surface area contributed by atoms with Crippen LogP contribution in [0.3, 0.4) is 0 Å². The first-order valence-corrected chi connectivity index (χ1v) is 8.58. The van der Waals surface area contributed by atoms with Crippen LogP contribution in [-0.4, -0.2) is 48.5 Å². The van der Waals surface area contributed by atoms with Gasteiger partial charge in [0.05, 0.1) is 32.0 Å². The van der Waals surface area contributed by atoms with Gasteiger partial charge in [0.1, 0.15) is 5.60 Å². The van der Waals surface area contributed by atoms with Gasteiger partial charge in [-0.05, 0) is 39.7 Å². The molecule has 3 rings (SSSR count). The van der Waals surface area contributed by atoms with Crippen molar-refractivity contribution in [3.63, 3.8) is 0 Å². The molecule has 0 N–H and O–H groups in total. The van der Waals surface area contributed by atoms with Gasteiger partial charge in [0.15, 0.2) is 0 Å². The van der Waals surface area contributed by atoms with E-state index in [0.29, 0.717) is 25.8 Å². The minimum atomic E-state index is -0.444. The molecule has 2 unspecified atom stereocenters. The molecule has 1 amide bonds. The van der Waals surface area contributed by atoms with Crippen molar-refractivity contribution in [2.24, 2.45) is 0 Å². The van der Waals surface area contributed by atoms with Crippen LogP contribution in [-0.2, 0) is 20.8 Å². The SMILES string of the molecule is CC(C)(C)OC(=O)N1CCC(OCc2ccccc2)C1.CC1CO1. The molecule has 0 radical (unpaired) electrons. The van der Waals surface area contributed by atoms with Crippen LogP contribution in [0, 0.1) is 0 Å². The zero-order chi connectivity index (χ0) is 17.6. The summed E-state index contributed by atoms with van der Waals surface area (Å²) in [7, 11) is 0. The van der Waals surface area contributed by atoms with Gasteiger partial charge in [-0.2, -0.15) is 0 Å². The molecule has 134 valence electrons. The fourth-order valence-corrected chi connectivity index (χ4v) is 2.24. The molecule has 5 nitrogen and oxygen atoms in total. The molecule has 0 bridgehead atoms. The number of hydrogen-bond donors (Lipinski definition) is 0. The Morgan fingerprint density at radius 1 is 1.29 bits per heavy atom. The van der Waals surface area contributed by atoms with Crippen LogP contribution in [0.15, 0.2) is 30.3 Å². The van der Waals surface area contributed by atoms with E-state index in [0.717, 1.165) is 18.6 Å². The predicted octanol–water partition coefficient (Wildman–Crippen LogP) is 3.62. The third-order valence-corrected chi connectivity index (χ3v) is 3.63. The van der Waals surface area contributed by atoms with E-state index in [9.17, 15) is 4.79 Å². The summed E-state index contributed by atoms with van der Waals surface area (Å²) in [5, 5.41) is 0. The van der Waals surface area contributed by atoms with Crippen molar-refractivity contribution >= 4 is 6.09 Å². The van der Waals surface area contributed by atoms with E-state index in [4.69, 9.17) is 14.2 Å². The number of epoxide rings is 1. The lowest BCUT2D eigenvalue weighted by Crippen LogP contribution is -2.36. The van der Waals surface area contributed by atoms with Gasteiger partial charge < -0.3 is 19.1 Å². The zero-order valence-corrected chi connectivity index (χ0v) is 15.2. The summed E-state index contributed by atoms with van der Waals surface area (Å²) in [6.07, 6.45) is 1.30. The molecule has 0 saturated carbocycles. The predicted molar refractivity (Wildman–Crippen MR) is 92.9 cm³/mol. The number of nitrogens with zero attached hydrogens (tertiary/aromatic N) is 1. The summed E-state index contributed by atoms with van der Waals surface area (Å²) in [5.74, 6) is 0. The maximum atomic E-state index is 11.9. The number of hydrogen-bond acceptors (Lipinski definition) is 4. The zero-order valence-electron chi connectivity index (χ0n) is 15.2. The largest absolute Gasteiger partial charge is 0.444 e. The third kappa shape index (κ3) is 7.32. The average Bonchev–Trinajstić information content (AvgIpc) is 3.16. The molecule has 2 aliphatic heterocycles. The molecule has 2 fully saturated rings. The van der Waals surface area contributed by atoms with Crippen molar-refractivity contribution in [1.82, 2.24) is 4.90 Å². The molecule has 0 aromatic heterocycles. The Balaban J connectivity index is 0.000000454. The fourth-order valence-electron chi connectivity index (χ4n) is 2.24. The second-order valence-electron chi connectivity index (χ2n) is 7.28. The highest BCUT2D eigenvalue weighted by Gasteiger charge is 2.30. The molecule has 1 aromatic rings. The van der Waals surface area contributed by atoms with Crippen LogP contribution in [0.2, 0.25) is 0 Å². The van der Waals surface area contributed by atoms with Gasteiger partial charge in [-0.15, -0.1) is 0 Å². The van der Waals surface area contributed by atoms with Gasteiger partial charge in [0.25, 0.3) is 0 Å². The number of carbonyl (C=O) groups excluding carboxylic acids is 1. The van der Waals surface area contributed by atoms with Crippen molar-refractivity contribution < 1.29 is 19.0 Å². The topological polar surface area (TPSA) is 51.3 Å². The van der Waals surface area contributed by atoms with Crippen LogP contribution in [0.4, 0.5) is 4.79 Å². The summed E-state index contributed by atoms with van der Waals surface area (Å²) >= 11 is 0. The van der Waals surface area contributed by atoms with Gasteiger partial charge in [0, 0.05) is 6.54 Å². The van der Waals surface area contributed by atoms with Gasteiger partial charge in [0.2, 0.25) is 0 Å². The summed E-state index contributed by atoms with van der Waals surface area (Å²) in [6.45, 7) is 10.6. The van der Waals surface area contributed by atoms with E-state index in [-0.39, 0.29) is 12.2 Å². The van der Waals surface area contributed by atoms with Crippen LogP contribution in [0.1, 0.15) is 39.7 Å². The Kier molecular flexibility index (Phi) is 6.63. The van der Waals surface area contributed by atoms with Crippen molar-refractivity contribution in [1.29, 1.82) is 0 Å². The minimum absolute atomic E-state index is 0.0997. The molecule has 2 saturated heterocycles. The highest BCUT2D eigenvalue weighted by molar-refractivity contribution is 5.68. The molecule has 24 heavy (non-hydrogen) atoms. The van der Waals surface area contributed by atoms with Crippen LogP contribution >= 0.6 is 0 Å². The number of likely N-dealkylation sites (tertiary alicyclic amines) is 1. The summed E-state index contributed by atoms with van der Waals surface area (Å²) in [5.41, 5.74) is 0.711. The van der Waals surface area contributed by atoms with E-state index < -0.39 is 5.60 Å². The third-order valence-electron chi connectivity index (χ3n) is 3.63. The Bertz CT molecular complexity index is 508. The van der Waals surface area contributed by atoms with E-state index in [2.05, 4.69) is 6.92 Å². The normalized spacial score (nSPS) is 22.6. The van der Waals surface area contributed by atoms with E-state index in [1.807, 2.05) is 51.1 Å². The van der Waals surface area contributed by atoms with Gasteiger partial charge in [-0.3, -0.25) is 0 Å². The maximum absolute atomic E-state index is 11.9. The molecule has 0 aliphatic carbocycles. The summed E-state index contributed by atoms with van der Waals surface area (Å²) < 4.78 is 15.9. The molecule has 0 spiro atoms.